The number of hydrogen-bond acceptors (Lipinski definition) is 3. The van der Waals surface area contributed by atoms with Crippen LogP contribution in [-0.2, 0) is 4.79 Å². The zero-order valence-electron chi connectivity index (χ0n) is 10.9. The normalized spacial score (nSPS) is 13.8. The Hall–Kier alpha value is -1.07. The van der Waals surface area contributed by atoms with Gasteiger partial charge in [-0.15, -0.1) is 0 Å². The van der Waals surface area contributed by atoms with Crippen LogP contribution in [0.5, 0.6) is 5.75 Å². The SMILES string of the molecule is CCC(C)[C@H](N)C(=O)Nc1ccc(Br)c(OC)c1. The molecule has 0 aromatic heterocycles. The smallest absolute Gasteiger partial charge is 0.241 e. The van der Waals surface area contributed by atoms with E-state index in [4.69, 9.17) is 10.5 Å². The van der Waals surface area contributed by atoms with Crippen LogP contribution >= 0.6 is 15.9 Å². The van der Waals surface area contributed by atoms with Crippen molar-refractivity contribution in [3.05, 3.63) is 22.7 Å². The third-order valence-electron chi connectivity index (χ3n) is 2.98. The topological polar surface area (TPSA) is 64.4 Å². The molecule has 3 N–H and O–H groups in total. The van der Waals surface area contributed by atoms with E-state index in [9.17, 15) is 4.79 Å². The number of halogens is 1. The number of hydrogen-bond donors (Lipinski definition) is 2. The van der Waals surface area contributed by atoms with E-state index in [1.54, 1.807) is 19.2 Å². The Labute approximate surface area is 116 Å². The largest absolute Gasteiger partial charge is 0.495 e. The van der Waals surface area contributed by atoms with Gasteiger partial charge in [-0.3, -0.25) is 4.79 Å². The summed E-state index contributed by atoms with van der Waals surface area (Å²) < 4.78 is 6.01. The van der Waals surface area contributed by atoms with Crippen LogP contribution in [0.3, 0.4) is 0 Å². The molecular formula is C13H19BrN2O2. The molecule has 0 radical (unpaired) electrons. The second-order valence-corrected chi connectivity index (χ2v) is 5.10. The lowest BCUT2D eigenvalue weighted by molar-refractivity contribution is -0.118. The molecule has 1 rings (SSSR count). The van der Waals surface area contributed by atoms with Gasteiger partial charge in [0.2, 0.25) is 5.91 Å². The highest BCUT2D eigenvalue weighted by Crippen LogP contribution is 2.27. The molecule has 0 fully saturated rings. The van der Waals surface area contributed by atoms with Gasteiger partial charge in [0.1, 0.15) is 5.75 Å². The van der Waals surface area contributed by atoms with Crippen LogP contribution in [0.25, 0.3) is 0 Å². The first-order chi connectivity index (χ1) is 8.49. The Balaban J connectivity index is 2.76. The number of benzene rings is 1. The minimum Gasteiger partial charge on any atom is -0.495 e. The Morgan fingerprint density at radius 1 is 1.56 bits per heavy atom. The Kier molecular flexibility index (Phi) is 5.62. The number of nitrogens with two attached hydrogens (primary N) is 1. The van der Waals surface area contributed by atoms with Crippen molar-refractivity contribution in [2.45, 2.75) is 26.3 Å². The van der Waals surface area contributed by atoms with Gasteiger partial charge < -0.3 is 15.8 Å². The molecule has 1 amide bonds. The molecule has 0 spiro atoms. The molecule has 5 heteroatoms. The summed E-state index contributed by atoms with van der Waals surface area (Å²) in [6.45, 7) is 3.98. The van der Waals surface area contributed by atoms with Crippen molar-refractivity contribution in [1.82, 2.24) is 0 Å². The zero-order chi connectivity index (χ0) is 13.7. The standard InChI is InChI=1S/C13H19BrN2O2/c1-4-8(2)12(15)13(17)16-9-5-6-10(14)11(7-9)18-3/h5-8,12H,4,15H2,1-3H3,(H,16,17)/t8?,12-/m0/s1. The molecule has 0 bridgehead atoms. The number of methoxy groups -OCH3 is 1. The summed E-state index contributed by atoms with van der Waals surface area (Å²) in [5.74, 6) is 0.654. The van der Waals surface area contributed by atoms with Crippen LogP contribution in [0.1, 0.15) is 20.3 Å². The predicted molar refractivity (Wildman–Crippen MR) is 76.8 cm³/mol. The zero-order valence-corrected chi connectivity index (χ0v) is 12.5. The summed E-state index contributed by atoms with van der Waals surface area (Å²) in [5, 5.41) is 2.79. The molecule has 0 saturated heterocycles. The van der Waals surface area contributed by atoms with E-state index in [2.05, 4.69) is 21.2 Å². The first kappa shape index (κ1) is 15.0. The van der Waals surface area contributed by atoms with Gasteiger partial charge in [-0.2, -0.15) is 0 Å². The highest BCUT2D eigenvalue weighted by Gasteiger charge is 2.19. The van der Waals surface area contributed by atoms with E-state index in [0.29, 0.717) is 11.4 Å². The van der Waals surface area contributed by atoms with Crippen molar-refractivity contribution in [2.75, 3.05) is 12.4 Å². The molecule has 0 saturated carbocycles. The molecule has 0 heterocycles. The highest BCUT2D eigenvalue weighted by atomic mass is 79.9. The van der Waals surface area contributed by atoms with Crippen LogP contribution < -0.4 is 15.8 Å². The van der Waals surface area contributed by atoms with E-state index in [-0.39, 0.29) is 11.8 Å². The summed E-state index contributed by atoms with van der Waals surface area (Å²) in [6, 6.07) is 4.88. The van der Waals surface area contributed by atoms with Gasteiger partial charge in [0, 0.05) is 11.8 Å². The van der Waals surface area contributed by atoms with Gasteiger partial charge in [0.05, 0.1) is 17.6 Å². The maximum Gasteiger partial charge on any atom is 0.241 e. The molecule has 1 aromatic carbocycles. The minimum absolute atomic E-state index is 0.155. The minimum atomic E-state index is -0.496. The number of nitrogens with one attached hydrogen (secondary N) is 1. The fourth-order valence-electron chi connectivity index (χ4n) is 1.48. The molecule has 2 atom stereocenters. The van der Waals surface area contributed by atoms with Gasteiger partial charge in [-0.1, -0.05) is 20.3 Å². The van der Waals surface area contributed by atoms with Gasteiger partial charge in [-0.25, -0.2) is 0 Å². The second-order valence-electron chi connectivity index (χ2n) is 4.25. The van der Waals surface area contributed by atoms with E-state index in [1.807, 2.05) is 19.9 Å². The summed E-state index contributed by atoms with van der Waals surface area (Å²) >= 11 is 3.36. The first-order valence-electron chi connectivity index (χ1n) is 5.89. The van der Waals surface area contributed by atoms with Gasteiger partial charge in [0.25, 0.3) is 0 Å². The van der Waals surface area contributed by atoms with Gasteiger partial charge in [0.15, 0.2) is 0 Å². The van der Waals surface area contributed by atoms with Crippen molar-refractivity contribution in [3.8, 4) is 5.75 Å². The van der Waals surface area contributed by atoms with Crippen molar-refractivity contribution in [1.29, 1.82) is 0 Å². The summed E-state index contributed by atoms with van der Waals surface area (Å²) in [5.41, 5.74) is 6.55. The van der Waals surface area contributed by atoms with Crippen molar-refractivity contribution >= 4 is 27.5 Å². The fraction of sp³-hybridized carbons (Fsp3) is 0.462. The molecule has 0 aliphatic carbocycles. The van der Waals surface area contributed by atoms with Gasteiger partial charge in [-0.05, 0) is 34.0 Å². The van der Waals surface area contributed by atoms with E-state index >= 15 is 0 Å². The number of carbonyl (C=O) groups is 1. The Morgan fingerprint density at radius 2 is 2.22 bits per heavy atom. The molecule has 100 valence electrons. The number of amides is 1. The Morgan fingerprint density at radius 3 is 2.78 bits per heavy atom. The lowest BCUT2D eigenvalue weighted by Crippen LogP contribution is -2.40. The summed E-state index contributed by atoms with van der Waals surface area (Å²) in [4.78, 5) is 11.9. The van der Waals surface area contributed by atoms with Crippen LogP contribution in [0.4, 0.5) is 5.69 Å². The third-order valence-corrected chi connectivity index (χ3v) is 3.63. The molecular weight excluding hydrogens is 296 g/mol. The highest BCUT2D eigenvalue weighted by molar-refractivity contribution is 9.10. The number of carbonyl (C=O) groups excluding carboxylic acids is 1. The molecule has 1 unspecified atom stereocenters. The lowest BCUT2D eigenvalue weighted by Gasteiger charge is -2.18. The fourth-order valence-corrected chi connectivity index (χ4v) is 1.88. The molecule has 0 aliphatic heterocycles. The van der Waals surface area contributed by atoms with E-state index in [0.717, 1.165) is 10.9 Å². The average molecular weight is 315 g/mol. The molecule has 1 aromatic rings. The quantitative estimate of drug-likeness (QED) is 0.878. The molecule has 18 heavy (non-hydrogen) atoms. The van der Waals surface area contributed by atoms with Crippen molar-refractivity contribution in [3.63, 3.8) is 0 Å². The molecule has 0 aliphatic rings. The predicted octanol–water partition coefficient (Wildman–Crippen LogP) is 2.77. The maximum atomic E-state index is 11.9. The number of anilines is 1. The Bertz CT molecular complexity index is 423. The number of ether oxygens (including phenoxy) is 1. The second kappa shape index (κ2) is 6.75. The third kappa shape index (κ3) is 3.71. The molecule has 4 nitrogen and oxygen atoms in total. The first-order valence-corrected chi connectivity index (χ1v) is 6.68. The van der Waals surface area contributed by atoms with Crippen molar-refractivity contribution in [2.24, 2.45) is 11.7 Å². The summed E-state index contributed by atoms with van der Waals surface area (Å²) in [6.07, 6.45) is 0.873. The summed E-state index contributed by atoms with van der Waals surface area (Å²) in [7, 11) is 1.58. The van der Waals surface area contributed by atoms with Crippen LogP contribution in [0.2, 0.25) is 0 Å². The monoisotopic (exact) mass is 314 g/mol. The average Bonchev–Trinajstić information content (AvgIpc) is 2.38. The van der Waals surface area contributed by atoms with Crippen LogP contribution in [-0.4, -0.2) is 19.1 Å². The van der Waals surface area contributed by atoms with Gasteiger partial charge >= 0.3 is 0 Å². The van der Waals surface area contributed by atoms with E-state index in [1.165, 1.54) is 0 Å². The number of rotatable bonds is 5. The maximum absolute atomic E-state index is 11.9. The van der Waals surface area contributed by atoms with Crippen molar-refractivity contribution < 1.29 is 9.53 Å². The van der Waals surface area contributed by atoms with E-state index < -0.39 is 6.04 Å². The van der Waals surface area contributed by atoms with Crippen LogP contribution in [0.15, 0.2) is 22.7 Å². The lowest BCUT2D eigenvalue weighted by atomic mass is 9.99. The van der Waals surface area contributed by atoms with Crippen LogP contribution in [0, 0.1) is 5.92 Å².